The van der Waals surface area contributed by atoms with Crippen LogP contribution in [0.3, 0.4) is 0 Å². The molecule has 0 aliphatic heterocycles. The largest absolute Gasteiger partial charge is 0.497 e. The van der Waals surface area contributed by atoms with Crippen LogP contribution in [0, 0.1) is 17.0 Å². The molecule has 0 saturated heterocycles. The minimum Gasteiger partial charge on any atom is -0.497 e. The number of amides is 1. The number of aromatic nitrogens is 1. The predicted octanol–water partition coefficient (Wildman–Crippen LogP) is 4.29. The quantitative estimate of drug-likeness (QED) is 0.535. The van der Waals surface area contributed by atoms with E-state index in [4.69, 9.17) is 4.74 Å². The molecule has 0 spiro atoms. The molecule has 0 aliphatic rings. The molecule has 0 bridgehead atoms. The standard InChI is InChI=1S/C18H15N3O4S/c1-11-14(4-3-5-16(11)21(23)24)19-17(22)15-10-26-18(20-15)12-6-8-13(25-2)9-7-12/h3-10H,1-2H3,(H,19,22). The molecule has 0 radical (unpaired) electrons. The molecule has 3 rings (SSSR count). The summed E-state index contributed by atoms with van der Waals surface area (Å²) in [6.07, 6.45) is 0. The molecule has 1 amide bonds. The van der Waals surface area contributed by atoms with Gasteiger partial charge in [-0.15, -0.1) is 11.3 Å². The zero-order chi connectivity index (χ0) is 18.7. The highest BCUT2D eigenvalue weighted by atomic mass is 32.1. The Balaban J connectivity index is 1.80. The Hall–Kier alpha value is -3.26. The fourth-order valence-corrected chi connectivity index (χ4v) is 3.19. The lowest BCUT2D eigenvalue weighted by atomic mass is 10.1. The van der Waals surface area contributed by atoms with Gasteiger partial charge in [-0.1, -0.05) is 6.07 Å². The van der Waals surface area contributed by atoms with Gasteiger partial charge in [-0.2, -0.15) is 0 Å². The Kier molecular flexibility index (Phi) is 4.94. The third kappa shape index (κ3) is 3.55. The molecule has 0 atom stereocenters. The predicted molar refractivity (Wildman–Crippen MR) is 99.9 cm³/mol. The zero-order valence-electron chi connectivity index (χ0n) is 14.1. The van der Waals surface area contributed by atoms with E-state index in [0.717, 1.165) is 11.3 Å². The first-order valence-corrected chi connectivity index (χ1v) is 8.53. The minimum atomic E-state index is -0.477. The first-order chi connectivity index (χ1) is 12.5. The second-order valence-electron chi connectivity index (χ2n) is 5.43. The number of thiazole rings is 1. The van der Waals surface area contributed by atoms with Gasteiger partial charge in [0, 0.05) is 17.0 Å². The number of rotatable bonds is 5. The number of carbonyl (C=O) groups is 1. The number of carbonyl (C=O) groups excluding carboxylic acids is 1. The summed E-state index contributed by atoms with van der Waals surface area (Å²) in [6.45, 7) is 1.59. The van der Waals surface area contributed by atoms with E-state index in [1.807, 2.05) is 24.3 Å². The highest BCUT2D eigenvalue weighted by molar-refractivity contribution is 7.13. The summed E-state index contributed by atoms with van der Waals surface area (Å²) in [5.74, 6) is 0.328. The van der Waals surface area contributed by atoms with Crippen LogP contribution >= 0.6 is 11.3 Å². The molecule has 26 heavy (non-hydrogen) atoms. The maximum absolute atomic E-state index is 12.4. The smallest absolute Gasteiger partial charge is 0.275 e. The van der Waals surface area contributed by atoms with Crippen LogP contribution in [0.4, 0.5) is 11.4 Å². The van der Waals surface area contributed by atoms with E-state index in [2.05, 4.69) is 10.3 Å². The highest BCUT2D eigenvalue weighted by Gasteiger charge is 2.17. The van der Waals surface area contributed by atoms with Crippen molar-refractivity contribution in [1.82, 2.24) is 4.98 Å². The van der Waals surface area contributed by atoms with Gasteiger partial charge in [-0.05, 0) is 37.3 Å². The Morgan fingerprint density at radius 2 is 1.96 bits per heavy atom. The van der Waals surface area contributed by atoms with E-state index < -0.39 is 10.8 Å². The van der Waals surface area contributed by atoms with E-state index in [-0.39, 0.29) is 11.4 Å². The molecule has 1 aromatic heterocycles. The summed E-state index contributed by atoms with van der Waals surface area (Å²) < 4.78 is 5.12. The summed E-state index contributed by atoms with van der Waals surface area (Å²) in [7, 11) is 1.59. The fourth-order valence-electron chi connectivity index (χ4n) is 2.39. The van der Waals surface area contributed by atoms with Crippen LogP contribution in [0.5, 0.6) is 5.75 Å². The number of nitrogens with zero attached hydrogens (tertiary/aromatic N) is 2. The van der Waals surface area contributed by atoms with Crippen molar-refractivity contribution in [3.05, 3.63) is 69.2 Å². The van der Waals surface area contributed by atoms with Crippen molar-refractivity contribution < 1.29 is 14.5 Å². The first kappa shape index (κ1) is 17.6. The minimum absolute atomic E-state index is 0.0417. The van der Waals surface area contributed by atoms with Gasteiger partial charge >= 0.3 is 0 Å². The molecule has 1 N–H and O–H groups in total. The van der Waals surface area contributed by atoms with Crippen LogP contribution in [0.2, 0.25) is 0 Å². The van der Waals surface area contributed by atoms with Gasteiger partial charge in [0.2, 0.25) is 0 Å². The molecular formula is C18H15N3O4S. The lowest BCUT2D eigenvalue weighted by molar-refractivity contribution is -0.385. The summed E-state index contributed by atoms with van der Waals surface area (Å²) in [5, 5.41) is 16.1. The lowest BCUT2D eigenvalue weighted by Crippen LogP contribution is -2.13. The summed E-state index contributed by atoms with van der Waals surface area (Å²) in [5.41, 5.74) is 1.88. The number of ether oxygens (including phenoxy) is 1. The van der Waals surface area contributed by atoms with Crippen LogP contribution < -0.4 is 10.1 Å². The molecule has 7 nitrogen and oxygen atoms in total. The van der Waals surface area contributed by atoms with Crippen molar-refractivity contribution in [2.24, 2.45) is 0 Å². The molecule has 3 aromatic rings. The number of nitro groups is 1. The van der Waals surface area contributed by atoms with Gasteiger partial charge in [0.25, 0.3) is 11.6 Å². The SMILES string of the molecule is COc1ccc(-c2nc(C(=O)Nc3cccc([N+](=O)[O-])c3C)cs2)cc1. The van der Waals surface area contributed by atoms with E-state index in [9.17, 15) is 14.9 Å². The number of methoxy groups -OCH3 is 1. The topological polar surface area (TPSA) is 94.4 Å². The van der Waals surface area contributed by atoms with Gasteiger partial charge in [-0.3, -0.25) is 14.9 Å². The maximum Gasteiger partial charge on any atom is 0.275 e. The van der Waals surface area contributed by atoms with Crippen LogP contribution in [-0.2, 0) is 0 Å². The van der Waals surface area contributed by atoms with Crippen molar-refractivity contribution >= 4 is 28.6 Å². The molecule has 2 aromatic carbocycles. The van der Waals surface area contributed by atoms with Crippen LogP contribution in [-0.4, -0.2) is 22.9 Å². The van der Waals surface area contributed by atoms with Crippen molar-refractivity contribution in [2.75, 3.05) is 12.4 Å². The zero-order valence-corrected chi connectivity index (χ0v) is 14.9. The van der Waals surface area contributed by atoms with Crippen molar-refractivity contribution in [3.8, 4) is 16.3 Å². The van der Waals surface area contributed by atoms with E-state index in [1.165, 1.54) is 23.5 Å². The van der Waals surface area contributed by atoms with Gasteiger partial charge in [-0.25, -0.2) is 4.98 Å². The molecule has 0 fully saturated rings. The summed E-state index contributed by atoms with van der Waals surface area (Å²) in [6, 6.07) is 11.9. The number of nitrogens with one attached hydrogen (secondary N) is 1. The second-order valence-corrected chi connectivity index (χ2v) is 6.29. The summed E-state index contributed by atoms with van der Waals surface area (Å²) in [4.78, 5) is 27.3. The second kappa shape index (κ2) is 7.32. The van der Waals surface area contributed by atoms with Gasteiger partial charge in [0.15, 0.2) is 0 Å². The molecule has 8 heteroatoms. The third-order valence-electron chi connectivity index (χ3n) is 3.82. The fraction of sp³-hybridized carbons (Fsp3) is 0.111. The summed E-state index contributed by atoms with van der Waals surface area (Å²) >= 11 is 1.35. The number of hydrogen-bond donors (Lipinski definition) is 1. The van der Waals surface area contributed by atoms with E-state index in [1.54, 1.807) is 25.5 Å². The first-order valence-electron chi connectivity index (χ1n) is 7.65. The van der Waals surface area contributed by atoms with Gasteiger partial charge in [0.1, 0.15) is 16.5 Å². The Morgan fingerprint density at radius 3 is 2.62 bits per heavy atom. The average molecular weight is 369 g/mol. The van der Waals surface area contributed by atoms with E-state index in [0.29, 0.717) is 16.3 Å². The van der Waals surface area contributed by atoms with Gasteiger partial charge < -0.3 is 10.1 Å². The number of hydrogen-bond acceptors (Lipinski definition) is 6. The normalized spacial score (nSPS) is 10.4. The molecule has 0 saturated carbocycles. The number of nitro benzene ring substituents is 1. The lowest BCUT2D eigenvalue weighted by Gasteiger charge is -2.07. The molecule has 0 unspecified atom stereocenters. The Morgan fingerprint density at radius 1 is 1.23 bits per heavy atom. The third-order valence-corrected chi connectivity index (χ3v) is 4.72. The number of benzene rings is 2. The Bertz CT molecular complexity index is 967. The van der Waals surface area contributed by atoms with E-state index >= 15 is 0 Å². The van der Waals surface area contributed by atoms with Gasteiger partial charge in [0.05, 0.1) is 23.3 Å². The highest BCUT2D eigenvalue weighted by Crippen LogP contribution is 2.28. The van der Waals surface area contributed by atoms with Crippen LogP contribution in [0.1, 0.15) is 16.1 Å². The number of anilines is 1. The molecule has 0 aliphatic carbocycles. The van der Waals surface area contributed by atoms with Crippen molar-refractivity contribution in [2.45, 2.75) is 6.92 Å². The van der Waals surface area contributed by atoms with Crippen LogP contribution in [0.15, 0.2) is 47.8 Å². The Labute approximate surface area is 153 Å². The molecule has 1 heterocycles. The maximum atomic E-state index is 12.4. The van der Waals surface area contributed by atoms with Crippen LogP contribution in [0.25, 0.3) is 10.6 Å². The molecule has 132 valence electrons. The average Bonchev–Trinajstić information content (AvgIpc) is 3.13. The van der Waals surface area contributed by atoms with Crippen molar-refractivity contribution in [1.29, 1.82) is 0 Å². The molecular weight excluding hydrogens is 354 g/mol. The monoisotopic (exact) mass is 369 g/mol. The van der Waals surface area contributed by atoms with Crippen molar-refractivity contribution in [3.63, 3.8) is 0 Å².